The van der Waals surface area contributed by atoms with Crippen molar-refractivity contribution in [1.82, 2.24) is 9.88 Å². The lowest BCUT2D eigenvalue weighted by Crippen LogP contribution is -2.32. The van der Waals surface area contributed by atoms with Crippen LogP contribution < -0.4 is 4.74 Å². The van der Waals surface area contributed by atoms with Gasteiger partial charge in [-0.15, -0.1) is 5.26 Å². The third-order valence-electron chi connectivity index (χ3n) is 4.69. The predicted octanol–water partition coefficient (Wildman–Crippen LogP) is 4.31. The molecule has 2 aromatic rings. The van der Waals surface area contributed by atoms with Crippen molar-refractivity contribution in [3.05, 3.63) is 36.0 Å². The summed E-state index contributed by atoms with van der Waals surface area (Å²) in [6.45, 7) is 6.30. The Labute approximate surface area is 137 Å². The summed E-state index contributed by atoms with van der Waals surface area (Å²) >= 11 is 0. The summed E-state index contributed by atoms with van der Waals surface area (Å²) in [5.74, 6) is 0.602. The van der Waals surface area contributed by atoms with Gasteiger partial charge in [-0.1, -0.05) is 19.9 Å². The van der Waals surface area contributed by atoms with Crippen molar-refractivity contribution in [2.24, 2.45) is 0 Å². The zero-order chi connectivity index (χ0) is 16.2. The first kappa shape index (κ1) is 15.6. The second-order valence-electron chi connectivity index (χ2n) is 5.83. The molecule has 1 atom stereocenters. The molecule has 0 bridgehead atoms. The first-order valence-corrected chi connectivity index (χ1v) is 8.45. The highest BCUT2D eigenvalue weighted by Crippen LogP contribution is 2.36. The van der Waals surface area contributed by atoms with Crippen LogP contribution in [0.2, 0.25) is 0 Å². The average molecular weight is 309 g/mol. The molecule has 120 valence electrons. The maximum absolute atomic E-state index is 8.67. The van der Waals surface area contributed by atoms with Crippen LogP contribution in [0.3, 0.4) is 0 Å². The Balaban J connectivity index is 0.000000753. The van der Waals surface area contributed by atoms with Crippen LogP contribution in [0.4, 0.5) is 0 Å². The topological polar surface area (TPSA) is 52.0 Å². The third-order valence-corrected chi connectivity index (χ3v) is 4.69. The van der Waals surface area contributed by atoms with Gasteiger partial charge in [0.15, 0.2) is 0 Å². The van der Waals surface area contributed by atoms with Crippen molar-refractivity contribution < 1.29 is 4.74 Å². The van der Waals surface area contributed by atoms with Gasteiger partial charge >= 0.3 is 0 Å². The van der Waals surface area contributed by atoms with Crippen molar-refractivity contribution in [2.45, 2.75) is 39.2 Å². The quantitative estimate of drug-likeness (QED) is 0.841. The number of hydrogen-bond acceptors (Lipinski definition) is 3. The van der Waals surface area contributed by atoms with E-state index < -0.39 is 0 Å². The Morgan fingerprint density at radius 2 is 2.22 bits per heavy atom. The van der Waals surface area contributed by atoms with Gasteiger partial charge in [0.2, 0.25) is 0 Å². The average Bonchev–Trinajstić information content (AvgIpc) is 3.22. The van der Waals surface area contributed by atoms with E-state index in [1.165, 1.54) is 30.5 Å². The lowest BCUT2D eigenvalue weighted by Gasteiger charge is -2.29. The van der Waals surface area contributed by atoms with Gasteiger partial charge < -0.3 is 9.72 Å². The van der Waals surface area contributed by atoms with Gasteiger partial charge in [-0.25, -0.2) is 0 Å². The molecule has 1 N–H and O–H groups in total. The van der Waals surface area contributed by atoms with Crippen LogP contribution in [0.25, 0.3) is 16.5 Å². The van der Waals surface area contributed by atoms with Crippen molar-refractivity contribution in [3.8, 4) is 12.0 Å². The SMILES string of the molecule is CC.N#COc1ccc2[nH]cc(C3=CCN4CCCC4C3)c2c1. The summed E-state index contributed by atoms with van der Waals surface area (Å²) in [7, 11) is 0. The van der Waals surface area contributed by atoms with Gasteiger partial charge in [0.1, 0.15) is 5.75 Å². The van der Waals surface area contributed by atoms with Gasteiger partial charge in [-0.2, -0.15) is 0 Å². The van der Waals surface area contributed by atoms with Crippen LogP contribution in [0, 0.1) is 11.5 Å². The molecule has 4 nitrogen and oxygen atoms in total. The van der Waals surface area contributed by atoms with E-state index in [1.807, 2.05) is 32.0 Å². The molecular formula is C19H23N3O. The molecule has 0 radical (unpaired) electrons. The fourth-order valence-corrected chi connectivity index (χ4v) is 3.63. The van der Waals surface area contributed by atoms with Gasteiger partial charge in [-0.05, 0) is 49.6 Å². The van der Waals surface area contributed by atoms with Gasteiger partial charge in [0, 0.05) is 35.2 Å². The maximum atomic E-state index is 8.67. The monoisotopic (exact) mass is 309 g/mol. The first-order chi connectivity index (χ1) is 11.3. The van der Waals surface area contributed by atoms with Gasteiger partial charge in [0.25, 0.3) is 6.26 Å². The van der Waals surface area contributed by atoms with Crippen molar-refractivity contribution in [2.75, 3.05) is 13.1 Å². The Bertz CT molecular complexity index is 754. The van der Waals surface area contributed by atoms with E-state index in [0.717, 1.165) is 23.9 Å². The van der Waals surface area contributed by atoms with Crippen molar-refractivity contribution in [3.63, 3.8) is 0 Å². The number of H-pyrrole nitrogens is 1. The van der Waals surface area contributed by atoms with Gasteiger partial charge in [0.05, 0.1) is 0 Å². The molecular weight excluding hydrogens is 286 g/mol. The number of fused-ring (bicyclic) bond motifs is 2. The number of rotatable bonds is 2. The first-order valence-electron chi connectivity index (χ1n) is 8.45. The molecule has 1 aromatic heterocycles. The number of ether oxygens (including phenoxy) is 1. The van der Waals surface area contributed by atoms with E-state index in [4.69, 9.17) is 10.00 Å². The molecule has 1 aromatic carbocycles. The van der Waals surface area contributed by atoms with E-state index >= 15 is 0 Å². The summed E-state index contributed by atoms with van der Waals surface area (Å²) in [6, 6.07) is 6.44. The summed E-state index contributed by atoms with van der Waals surface area (Å²) in [5, 5.41) is 9.81. The number of benzene rings is 1. The standard InChI is InChI=1S/C17H17N3O.C2H6/c18-11-21-14-3-4-17-15(9-14)16(10-19-17)12-5-7-20-6-1-2-13(20)8-12;1-2/h3-5,9-10,13,19H,1-2,6-8H2;1-2H3. The summed E-state index contributed by atoms with van der Waals surface area (Å²) < 4.78 is 4.96. The molecule has 0 aliphatic carbocycles. The molecule has 3 heterocycles. The van der Waals surface area contributed by atoms with E-state index in [2.05, 4.69) is 22.2 Å². The highest BCUT2D eigenvalue weighted by atomic mass is 16.5. The second kappa shape index (κ2) is 6.89. The molecule has 0 saturated carbocycles. The van der Waals surface area contributed by atoms with E-state index in [-0.39, 0.29) is 0 Å². The van der Waals surface area contributed by atoms with Crippen LogP contribution >= 0.6 is 0 Å². The second-order valence-corrected chi connectivity index (χ2v) is 5.83. The highest BCUT2D eigenvalue weighted by Gasteiger charge is 2.28. The molecule has 23 heavy (non-hydrogen) atoms. The Kier molecular flexibility index (Phi) is 4.68. The van der Waals surface area contributed by atoms with Crippen LogP contribution in [-0.2, 0) is 0 Å². The van der Waals surface area contributed by atoms with E-state index in [9.17, 15) is 0 Å². The molecule has 4 rings (SSSR count). The van der Waals surface area contributed by atoms with Crippen LogP contribution in [0.1, 0.15) is 38.7 Å². The molecule has 0 amide bonds. The maximum Gasteiger partial charge on any atom is 0.292 e. The third kappa shape index (κ3) is 2.97. The minimum absolute atomic E-state index is 0.602. The number of aromatic amines is 1. The van der Waals surface area contributed by atoms with Crippen LogP contribution in [0.15, 0.2) is 30.5 Å². The molecule has 2 aliphatic heterocycles. The summed E-state index contributed by atoms with van der Waals surface area (Å²) in [4.78, 5) is 5.89. The number of hydrogen-bond donors (Lipinski definition) is 1. The number of aromatic nitrogens is 1. The molecule has 2 aliphatic rings. The zero-order valence-electron chi connectivity index (χ0n) is 13.8. The fraction of sp³-hybridized carbons (Fsp3) is 0.421. The smallest absolute Gasteiger partial charge is 0.292 e. The Morgan fingerprint density at radius 1 is 1.35 bits per heavy atom. The molecule has 1 unspecified atom stereocenters. The highest BCUT2D eigenvalue weighted by molar-refractivity contribution is 5.93. The normalized spacial score (nSPS) is 20.2. The van der Waals surface area contributed by atoms with Crippen molar-refractivity contribution in [1.29, 1.82) is 5.26 Å². The predicted molar refractivity (Wildman–Crippen MR) is 93.1 cm³/mol. The minimum Gasteiger partial charge on any atom is -0.388 e. The molecule has 1 saturated heterocycles. The Hall–Kier alpha value is -2.25. The van der Waals surface area contributed by atoms with Crippen molar-refractivity contribution >= 4 is 16.5 Å². The van der Waals surface area contributed by atoms with E-state index in [1.54, 1.807) is 6.26 Å². The Morgan fingerprint density at radius 3 is 3.04 bits per heavy atom. The lowest BCUT2D eigenvalue weighted by atomic mass is 9.94. The molecule has 0 spiro atoms. The summed E-state index contributed by atoms with van der Waals surface area (Å²) in [6.07, 6.45) is 9.92. The zero-order valence-corrected chi connectivity index (χ0v) is 13.8. The lowest BCUT2D eigenvalue weighted by molar-refractivity contribution is 0.275. The molecule has 1 fully saturated rings. The number of nitrogens with zero attached hydrogens (tertiary/aromatic N) is 2. The minimum atomic E-state index is 0.602. The largest absolute Gasteiger partial charge is 0.388 e. The van der Waals surface area contributed by atoms with E-state index in [0.29, 0.717) is 11.8 Å². The van der Waals surface area contributed by atoms with Gasteiger partial charge in [-0.3, -0.25) is 4.90 Å². The summed E-state index contributed by atoms with van der Waals surface area (Å²) in [5.41, 5.74) is 3.75. The fourth-order valence-electron chi connectivity index (χ4n) is 3.63. The number of nitriles is 1. The molecule has 4 heteroatoms. The van der Waals surface area contributed by atoms with Crippen LogP contribution in [-0.4, -0.2) is 29.0 Å². The number of nitrogens with one attached hydrogen (secondary N) is 1. The van der Waals surface area contributed by atoms with Crippen LogP contribution in [0.5, 0.6) is 5.75 Å².